The molecule has 0 saturated carbocycles. The van der Waals surface area contributed by atoms with Crippen LogP contribution < -0.4 is 4.74 Å². The molecule has 3 rings (SSSR count). The molecule has 0 atom stereocenters. The third-order valence-corrected chi connectivity index (χ3v) is 3.29. The summed E-state index contributed by atoms with van der Waals surface area (Å²) in [5.41, 5.74) is 0.275. The molecule has 120 valence electrons. The Kier molecular flexibility index (Phi) is 3.81. The van der Waals surface area contributed by atoms with Crippen molar-refractivity contribution in [2.45, 2.75) is 12.7 Å². The van der Waals surface area contributed by atoms with Gasteiger partial charge in [0, 0.05) is 24.7 Å². The number of aromatic nitrogens is 4. The summed E-state index contributed by atoms with van der Waals surface area (Å²) in [6.07, 6.45) is 3.78. The highest BCUT2D eigenvalue weighted by Gasteiger charge is 2.31. The summed E-state index contributed by atoms with van der Waals surface area (Å²) in [5.74, 6) is 0.139. The molecule has 0 bridgehead atoms. The van der Waals surface area contributed by atoms with Gasteiger partial charge in [-0.15, -0.1) is 0 Å². The van der Waals surface area contributed by atoms with Crippen molar-refractivity contribution in [1.29, 1.82) is 0 Å². The molecule has 0 N–H and O–H groups in total. The van der Waals surface area contributed by atoms with Crippen molar-refractivity contribution in [3.8, 4) is 11.4 Å². The van der Waals surface area contributed by atoms with Crippen LogP contribution in [0.4, 0.5) is 13.2 Å². The van der Waals surface area contributed by atoms with Crippen molar-refractivity contribution in [2.75, 3.05) is 7.11 Å². The van der Waals surface area contributed by atoms with Crippen molar-refractivity contribution in [2.24, 2.45) is 0 Å². The first-order chi connectivity index (χ1) is 11.0. The number of benzene rings is 1. The smallest absolute Gasteiger partial charge is 0.416 e. The van der Waals surface area contributed by atoms with Crippen LogP contribution in [0.3, 0.4) is 0 Å². The number of hydrogen-bond donors (Lipinski definition) is 0. The number of nitrogens with zero attached hydrogens (tertiary/aromatic N) is 4. The van der Waals surface area contributed by atoms with Crippen LogP contribution in [0.1, 0.15) is 11.3 Å². The average molecular weight is 322 g/mol. The molecular weight excluding hydrogens is 309 g/mol. The van der Waals surface area contributed by atoms with Gasteiger partial charge < -0.3 is 13.9 Å². The fourth-order valence-corrected chi connectivity index (χ4v) is 2.17. The third kappa shape index (κ3) is 3.36. The molecule has 2 aromatic heterocycles. The molecule has 8 heteroatoms. The van der Waals surface area contributed by atoms with Crippen molar-refractivity contribution < 1.29 is 17.9 Å². The topological polar surface area (TPSA) is 44.9 Å². The molecule has 0 fully saturated rings. The van der Waals surface area contributed by atoms with Crippen LogP contribution in [0.25, 0.3) is 5.69 Å². The van der Waals surface area contributed by atoms with E-state index in [9.17, 15) is 13.2 Å². The van der Waals surface area contributed by atoms with Gasteiger partial charge in [-0.3, -0.25) is 0 Å². The number of halogens is 3. The summed E-state index contributed by atoms with van der Waals surface area (Å²) in [6.45, 7) is 0.489. The number of hydrogen-bond acceptors (Lipinski definition) is 3. The van der Waals surface area contributed by atoms with Gasteiger partial charge in [-0.05, 0) is 12.1 Å². The zero-order valence-corrected chi connectivity index (χ0v) is 12.2. The van der Waals surface area contributed by atoms with Gasteiger partial charge in [0.15, 0.2) is 0 Å². The Bertz CT molecular complexity index is 793. The van der Waals surface area contributed by atoms with Gasteiger partial charge >= 0.3 is 6.18 Å². The maximum Gasteiger partial charge on any atom is 0.416 e. The van der Waals surface area contributed by atoms with Gasteiger partial charge in [0.1, 0.15) is 5.75 Å². The normalized spacial score (nSPS) is 11.7. The second-order valence-corrected chi connectivity index (χ2v) is 4.92. The molecule has 0 aliphatic heterocycles. The fraction of sp³-hybridized carbons (Fsp3) is 0.200. The monoisotopic (exact) mass is 322 g/mol. The SMILES string of the molecule is COc1cc(-n2cnc(Cn3ccnc3)c2)cc(C(F)(F)F)c1. The molecule has 2 heterocycles. The van der Waals surface area contributed by atoms with Gasteiger partial charge in [-0.25, -0.2) is 9.97 Å². The van der Waals surface area contributed by atoms with Crippen molar-refractivity contribution in [1.82, 2.24) is 19.1 Å². The maximum atomic E-state index is 13.0. The highest BCUT2D eigenvalue weighted by atomic mass is 19.4. The van der Waals surface area contributed by atoms with E-state index in [1.54, 1.807) is 24.9 Å². The number of methoxy groups -OCH3 is 1. The highest BCUT2D eigenvalue weighted by Crippen LogP contribution is 2.33. The Hall–Kier alpha value is -2.77. The lowest BCUT2D eigenvalue weighted by Crippen LogP contribution is -2.06. The minimum absolute atomic E-state index is 0.139. The lowest BCUT2D eigenvalue weighted by Gasteiger charge is -2.12. The van der Waals surface area contributed by atoms with Gasteiger partial charge in [0.25, 0.3) is 0 Å². The van der Waals surface area contributed by atoms with Crippen LogP contribution in [0.5, 0.6) is 5.75 Å². The lowest BCUT2D eigenvalue weighted by atomic mass is 10.1. The molecule has 0 saturated heterocycles. The first-order valence-electron chi connectivity index (χ1n) is 6.71. The highest BCUT2D eigenvalue weighted by molar-refractivity contribution is 5.44. The first kappa shape index (κ1) is 15.1. The molecule has 0 radical (unpaired) electrons. The number of imidazole rings is 2. The lowest BCUT2D eigenvalue weighted by molar-refractivity contribution is -0.137. The van der Waals surface area contributed by atoms with Crippen molar-refractivity contribution in [3.63, 3.8) is 0 Å². The van der Waals surface area contributed by atoms with E-state index in [-0.39, 0.29) is 5.75 Å². The molecule has 0 amide bonds. The number of rotatable bonds is 4. The zero-order chi connectivity index (χ0) is 16.4. The molecule has 5 nitrogen and oxygen atoms in total. The summed E-state index contributed by atoms with van der Waals surface area (Å²) in [4.78, 5) is 8.14. The molecular formula is C15H13F3N4O. The summed E-state index contributed by atoms with van der Waals surface area (Å²) in [5, 5.41) is 0. The predicted molar refractivity (Wildman–Crippen MR) is 76.4 cm³/mol. The summed E-state index contributed by atoms with van der Waals surface area (Å²) < 4.78 is 47.2. The largest absolute Gasteiger partial charge is 0.497 e. The van der Waals surface area contributed by atoms with E-state index in [1.165, 1.54) is 24.1 Å². The maximum absolute atomic E-state index is 13.0. The van der Waals surface area contributed by atoms with Crippen molar-refractivity contribution in [3.05, 3.63) is 60.7 Å². The van der Waals surface area contributed by atoms with Crippen LogP contribution in [-0.2, 0) is 12.7 Å². The Balaban J connectivity index is 1.93. The predicted octanol–water partition coefficient (Wildman–Crippen LogP) is 3.14. The minimum Gasteiger partial charge on any atom is -0.497 e. The molecule has 0 unspecified atom stereocenters. The minimum atomic E-state index is -4.44. The van der Waals surface area contributed by atoms with Gasteiger partial charge in [0.05, 0.1) is 43.3 Å². The molecule has 0 spiro atoms. The quantitative estimate of drug-likeness (QED) is 0.741. The average Bonchev–Trinajstić information content (AvgIpc) is 3.18. The molecule has 0 aliphatic rings. The van der Waals surface area contributed by atoms with E-state index in [2.05, 4.69) is 9.97 Å². The molecule has 1 aromatic carbocycles. The van der Waals surface area contributed by atoms with E-state index in [1.807, 2.05) is 4.57 Å². The van der Waals surface area contributed by atoms with Crippen LogP contribution >= 0.6 is 0 Å². The number of alkyl halides is 3. The van der Waals surface area contributed by atoms with E-state index in [0.717, 1.165) is 12.1 Å². The summed E-state index contributed by atoms with van der Waals surface area (Å²) >= 11 is 0. The van der Waals surface area contributed by atoms with E-state index in [4.69, 9.17) is 4.74 Å². The van der Waals surface area contributed by atoms with Gasteiger partial charge in [-0.1, -0.05) is 0 Å². The Morgan fingerprint density at radius 3 is 2.65 bits per heavy atom. The summed E-state index contributed by atoms with van der Waals surface area (Å²) in [6, 6.07) is 3.55. The third-order valence-electron chi connectivity index (χ3n) is 3.29. The van der Waals surface area contributed by atoms with Gasteiger partial charge in [-0.2, -0.15) is 13.2 Å². The Morgan fingerprint density at radius 2 is 2.00 bits per heavy atom. The van der Waals surface area contributed by atoms with Crippen LogP contribution in [0, 0.1) is 0 Å². The van der Waals surface area contributed by atoms with Crippen LogP contribution in [-0.4, -0.2) is 26.2 Å². The van der Waals surface area contributed by atoms with E-state index >= 15 is 0 Å². The Labute approximate surface area is 130 Å². The van der Waals surface area contributed by atoms with E-state index < -0.39 is 11.7 Å². The Morgan fingerprint density at radius 1 is 1.17 bits per heavy atom. The standard InChI is InChI=1S/C15H13F3N4O/c1-23-14-5-11(15(16,17)18)4-13(6-14)22-8-12(20-10-22)7-21-3-2-19-9-21/h2-6,8-10H,7H2,1H3. The summed E-state index contributed by atoms with van der Waals surface area (Å²) in [7, 11) is 1.33. The van der Waals surface area contributed by atoms with Crippen molar-refractivity contribution >= 4 is 0 Å². The van der Waals surface area contributed by atoms with E-state index in [0.29, 0.717) is 17.9 Å². The second kappa shape index (κ2) is 5.79. The zero-order valence-electron chi connectivity index (χ0n) is 12.2. The van der Waals surface area contributed by atoms with Crippen LogP contribution in [0.2, 0.25) is 0 Å². The molecule has 23 heavy (non-hydrogen) atoms. The molecule has 0 aliphatic carbocycles. The van der Waals surface area contributed by atoms with Gasteiger partial charge in [0.2, 0.25) is 0 Å². The van der Waals surface area contributed by atoms with Crippen LogP contribution in [0.15, 0.2) is 49.4 Å². The number of ether oxygens (including phenoxy) is 1. The molecule has 3 aromatic rings. The first-order valence-corrected chi connectivity index (χ1v) is 6.71. The fourth-order valence-electron chi connectivity index (χ4n) is 2.17. The second-order valence-electron chi connectivity index (χ2n) is 4.92.